The summed E-state index contributed by atoms with van der Waals surface area (Å²) in [6.45, 7) is 0.559. The molecule has 180 valence electrons. The van der Waals surface area contributed by atoms with Gasteiger partial charge in [0.05, 0.1) is 23.7 Å². The maximum absolute atomic E-state index is 13.4. The van der Waals surface area contributed by atoms with Crippen molar-refractivity contribution in [1.29, 1.82) is 0 Å². The van der Waals surface area contributed by atoms with Crippen molar-refractivity contribution in [1.82, 2.24) is 5.32 Å². The molecule has 0 aliphatic carbocycles. The maximum Gasteiger partial charge on any atom is 0.265 e. The highest BCUT2D eigenvalue weighted by Gasteiger charge is 2.29. The third kappa shape index (κ3) is 5.97. The van der Waals surface area contributed by atoms with E-state index < -0.39 is 6.29 Å². The Kier molecular flexibility index (Phi) is 7.97. The first-order valence-corrected chi connectivity index (χ1v) is 11.8. The third-order valence-corrected chi connectivity index (χ3v) is 6.59. The number of amides is 2. The summed E-state index contributed by atoms with van der Waals surface area (Å²) in [5.41, 5.74) is 2.94. The number of benzene rings is 3. The van der Waals surface area contributed by atoms with Crippen LogP contribution in [0.1, 0.15) is 21.5 Å². The van der Waals surface area contributed by atoms with Gasteiger partial charge < -0.3 is 19.7 Å². The highest BCUT2D eigenvalue weighted by molar-refractivity contribution is 8.04. The summed E-state index contributed by atoms with van der Waals surface area (Å²) in [5, 5.41) is 2.76. The van der Waals surface area contributed by atoms with Crippen LogP contribution in [0, 0.1) is 5.82 Å². The van der Waals surface area contributed by atoms with Crippen molar-refractivity contribution in [3.63, 3.8) is 0 Å². The number of anilines is 1. The molecule has 3 aromatic carbocycles. The molecule has 0 saturated heterocycles. The number of nitrogens with zero attached hydrogens (tertiary/aromatic N) is 1. The lowest BCUT2D eigenvalue weighted by Gasteiger charge is -2.30. The van der Waals surface area contributed by atoms with Crippen LogP contribution >= 0.6 is 11.8 Å². The Bertz CT molecular complexity index is 1220. The van der Waals surface area contributed by atoms with Crippen LogP contribution in [-0.4, -0.2) is 38.9 Å². The molecule has 2 amide bonds. The minimum atomic E-state index is -0.516. The standard InChI is InChI=1S/C27H25FN2O4S/c1-33-25(34-2)16-29-26(31)20-11-7-18(8-12-20)15-24-27(32)30(17-19-9-13-21(28)14-10-19)22-5-3-4-6-23(22)35-24/h3-15,25H,16-17H2,1-2H3,(H,29,31). The molecule has 1 aliphatic rings. The van der Waals surface area contributed by atoms with Crippen molar-refractivity contribution >= 4 is 35.3 Å². The number of carbonyl (C=O) groups excluding carboxylic acids is 2. The van der Waals surface area contributed by atoms with Gasteiger partial charge in [-0.3, -0.25) is 9.59 Å². The summed E-state index contributed by atoms with van der Waals surface area (Å²) < 4.78 is 23.5. The molecule has 1 aliphatic heterocycles. The normalized spacial score (nSPS) is 14.3. The summed E-state index contributed by atoms with van der Waals surface area (Å²) in [6, 6.07) is 20.9. The molecule has 35 heavy (non-hydrogen) atoms. The Morgan fingerprint density at radius 3 is 2.40 bits per heavy atom. The van der Waals surface area contributed by atoms with Crippen molar-refractivity contribution in [2.24, 2.45) is 0 Å². The number of nitrogens with one attached hydrogen (secondary N) is 1. The van der Waals surface area contributed by atoms with Gasteiger partial charge in [-0.2, -0.15) is 0 Å². The molecule has 6 nitrogen and oxygen atoms in total. The number of methoxy groups -OCH3 is 2. The summed E-state index contributed by atoms with van der Waals surface area (Å²) in [5.74, 6) is -0.694. The second-order valence-electron chi connectivity index (χ2n) is 7.83. The van der Waals surface area contributed by atoms with Crippen LogP contribution in [0.15, 0.2) is 82.6 Å². The van der Waals surface area contributed by atoms with E-state index in [0.717, 1.165) is 21.7 Å². The van der Waals surface area contributed by atoms with E-state index in [1.54, 1.807) is 41.3 Å². The highest BCUT2D eigenvalue weighted by atomic mass is 32.2. The van der Waals surface area contributed by atoms with Crippen LogP contribution < -0.4 is 10.2 Å². The lowest BCUT2D eigenvalue weighted by atomic mass is 10.1. The van der Waals surface area contributed by atoms with Crippen molar-refractivity contribution < 1.29 is 23.5 Å². The molecule has 0 aromatic heterocycles. The fourth-order valence-electron chi connectivity index (χ4n) is 3.61. The third-order valence-electron chi connectivity index (χ3n) is 5.51. The first kappa shape index (κ1) is 24.7. The van der Waals surface area contributed by atoms with E-state index in [1.807, 2.05) is 30.3 Å². The zero-order valence-corrected chi connectivity index (χ0v) is 20.2. The number of hydrogen-bond acceptors (Lipinski definition) is 5. The highest BCUT2D eigenvalue weighted by Crippen LogP contribution is 2.42. The van der Waals surface area contributed by atoms with Crippen molar-refractivity contribution in [2.75, 3.05) is 25.7 Å². The smallest absolute Gasteiger partial charge is 0.265 e. The minimum Gasteiger partial charge on any atom is -0.354 e. The maximum atomic E-state index is 13.4. The molecule has 0 bridgehead atoms. The topological polar surface area (TPSA) is 67.9 Å². The van der Waals surface area contributed by atoms with Crippen molar-refractivity contribution in [2.45, 2.75) is 17.7 Å². The predicted molar refractivity (Wildman–Crippen MR) is 134 cm³/mol. The van der Waals surface area contributed by atoms with E-state index in [4.69, 9.17) is 9.47 Å². The second-order valence-corrected chi connectivity index (χ2v) is 8.91. The number of rotatable bonds is 8. The molecule has 1 heterocycles. The summed E-state index contributed by atoms with van der Waals surface area (Å²) in [4.78, 5) is 29.0. The van der Waals surface area contributed by atoms with Gasteiger partial charge in [-0.15, -0.1) is 0 Å². The Hall–Kier alpha value is -3.46. The fraction of sp³-hybridized carbons (Fsp3) is 0.185. The van der Waals surface area contributed by atoms with Gasteiger partial charge in [-0.05, 0) is 53.6 Å². The van der Waals surface area contributed by atoms with Crippen LogP contribution in [0.5, 0.6) is 0 Å². The predicted octanol–water partition coefficient (Wildman–Crippen LogP) is 4.85. The van der Waals surface area contributed by atoms with E-state index in [1.165, 1.54) is 38.1 Å². The molecular weight excluding hydrogens is 467 g/mol. The van der Waals surface area contributed by atoms with Crippen LogP contribution in [-0.2, 0) is 20.8 Å². The fourth-order valence-corrected chi connectivity index (χ4v) is 4.67. The largest absolute Gasteiger partial charge is 0.354 e. The number of carbonyl (C=O) groups is 2. The number of halogens is 1. The van der Waals surface area contributed by atoms with Crippen LogP contribution in [0.2, 0.25) is 0 Å². The SMILES string of the molecule is COC(CNC(=O)c1ccc(C=C2Sc3ccccc3N(Cc3ccc(F)cc3)C2=O)cc1)OC. The monoisotopic (exact) mass is 492 g/mol. The van der Waals surface area contributed by atoms with Gasteiger partial charge in [-0.25, -0.2) is 4.39 Å². The van der Waals surface area contributed by atoms with Crippen molar-refractivity contribution in [3.05, 3.63) is 100 Å². The lowest BCUT2D eigenvalue weighted by Crippen LogP contribution is -2.34. The van der Waals surface area contributed by atoms with E-state index in [0.29, 0.717) is 17.0 Å². The number of ether oxygens (including phenoxy) is 2. The molecule has 0 radical (unpaired) electrons. The first-order chi connectivity index (χ1) is 17.0. The molecule has 1 N–H and O–H groups in total. The number of para-hydroxylation sites is 1. The quantitative estimate of drug-likeness (QED) is 0.360. The average Bonchev–Trinajstić information content (AvgIpc) is 2.88. The van der Waals surface area contributed by atoms with Crippen LogP contribution in [0.25, 0.3) is 6.08 Å². The Labute approximate surface area is 207 Å². The Balaban J connectivity index is 1.53. The molecule has 0 atom stereocenters. The van der Waals surface area contributed by atoms with Gasteiger partial charge in [0.25, 0.3) is 11.8 Å². The summed E-state index contributed by atoms with van der Waals surface area (Å²) in [6.07, 6.45) is 1.30. The average molecular weight is 493 g/mol. The lowest BCUT2D eigenvalue weighted by molar-refractivity contribution is -0.114. The number of fused-ring (bicyclic) bond motifs is 1. The second kappa shape index (κ2) is 11.3. The first-order valence-electron chi connectivity index (χ1n) is 11.0. The number of thioether (sulfide) groups is 1. The Morgan fingerprint density at radius 1 is 1.03 bits per heavy atom. The number of hydrogen-bond donors (Lipinski definition) is 1. The van der Waals surface area contributed by atoms with Gasteiger partial charge in [-0.1, -0.05) is 48.2 Å². The zero-order chi connectivity index (χ0) is 24.8. The van der Waals surface area contributed by atoms with Gasteiger partial charge in [0, 0.05) is 24.7 Å². The summed E-state index contributed by atoms with van der Waals surface area (Å²) in [7, 11) is 3.01. The molecule has 4 rings (SSSR count). The zero-order valence-electron chi connectivity index (χ0n) is 19.4. The molecule has 0 saturated carbocycles. The molecular formula is C27H25FN2O4S. The van der Waals surface area contributed by atoms with E-state index in [9.17, 15) is 14.0 Å². The van der Waals surface area contributed by atoms with E-state index >= 15 is 0 Å². The summed E-state index contributed by atoms with van der Waals surface area (Å²) >= 11 is 1.41. The molecule has 3 aromatic rings. The van der Waals surface area contributed by atoms with Crippen LogP contribution in [0.4, 0.5) is 10.1 Å². The molecule has 0 spiro atoms. The Morgan fingerprint density at radius 2 is 1.71 bits per heavy atom. The van der Waals surface area contributed by atoms with Crippen molar-refractivity contribution in [3.8, 4) is 0 Å². The van der Waals surface area contributed by atoms with Gasteiger partial charge in [0.2, 0.25) is 0 Å². The van der Waals surface area contributed by atoms with Gasteiger partial charge >= 0.3 is 0 Å². The van der Waals surface area contributed by atoms with E-state index in [-0.39, 0.29) is 24.2 Å². The van der Waals surface area contributed by atoms with Crippen LogP contribution in [0.3, 0.4) is 0 Å². The molecule has 0 fully saturated rings. The molecule has 8 heteroatoms. The molecule has 0 unspecified atom stereocenters. The minimum absolute atomic E-state index is 0.134. The van der Waals surface area contributed by atoms with Gasteiger partial charge in [0.15, 0.2) is 6.29 Å². The van der Waals surface area contributed by atoms with E-state index in [2.05, 4.69) is 5.32 Å². The van der Waals surface area contributed by atoms with Gasteiger partial charge in [0.1, 0.15) is 5.82 Å².